The van der Waals surface area contributed by atoms with E-state index in [0.29, 0.717) is 10.0 Å². The zero-order chi connectivity index (χ0) is 28.7. The maximum Gasteiger partial charge on any atom is 0.573 e. The van der Waals surface area contributed by atoms with Gasteiger partial charge in [0.2, 0.25) is 0 Å². The number of halogens is 7. The first-order valence-corrected chi connectivity index (χ1v) is 11.6. The number of ether oxygens (including phenoxy) is 1. The molecule has 0 unspecified atom stereocenters. The molecule has 0 aliphatic heterocycles. The lowest BCUT2D eigenvalue weighted by atomic mass is 10.1. The Morgan fingerprint density at radius 3 is 2.31 bits per heavy atom. The fourth-order valence-corrected chi connectivity index (χ4v) is 4.07. The molecule has 0 saturated heterocycles. The van der Waals surface area contributed by atoms with Gasteiger partial charge in [-0.25, -0.2) is 4.98 Å². The van der Waals surface area contributed by atoms with Crippen molar-refractivity contribution in [1.29, 1.82) is 0 Å². The Morgan fingerprint density at radius 1 is 1.05 bits per heavy atom. The molecular formula is C24H16BrF6N5O3. The van der Waals surface area contributed by atoms with E-state index in [-0.39, 0.29) is 34.4 Å². The predicted molar refractivity (Wildman–Crippen MR) is 130 cm³/mol. The average molecular weight is 616 g/mol. The number of rotatable bonds is 6. The van der Waals surface area contributed by atoms with E-state index >= 15 is 0 Å². The minimum Gasteiger partial charge on any atom is -0.406 e. The van der Waals surface area contributed by atoms with Gasteiger partial charge in [-0.2, -0.15) is 18.3 Å². The van der Waals surface area contributed by atoms with Crippen LogP contribution < -0.4 is 15.8 Å². The highest BCUT2D eigenvalue weighted by Gasteiger charge is 2.39. The summed E-state index contributed by atoms with van der Waals surface area (Å²) >= 11 is 3.26. The fourth-order valence-electron chi connectivity index (χ4n) is 3.71. The lowest BCUT2D eigenvalue weighted by Gasteiger charge is -2.12. The Bertz CT molecular complexity index is 1580. The van der Waals surface area contributed by atoms with Crippen LogP contribution in [-0.2, 0) is 12.7 Å². The number of hydrogen-bond donors (Lipinski definition) is 2. The van der Waals surface area contributed by atoms with E-state index in [0.717, 1.165) is 22.9 Å². The second kappa shape index (κ2) is 10.2. The molecule has 0 saturated carbocycles. The van der Waals surface area contributed by atoms with Crippen molar-refractivity contribution in [3.8, 4) is 5.75 Å². The Kier molecular flexibility index (Phi) is 7.29. The van der Waals surface area contributed by atoms with E-state index in [4.69, 9.17) is 5.73 Å². The molecule has 0 aliphatic carbocycles. The molecule has 4 rings (SSSR count). The third-order valence-electron chi connectivity index (χ3n) is 5.47. The van der Waals surface area contributed by atoms with Gasteiger partial charge < -0.3 is 15.8 Å². The molecule has 2 heterocycles. The Morgan fingerprint density at radius 2 is 1.72 bits per heavy atom. The monoisotopic (exact) mass is 615 g/mol. The van der Waals surface area contributed by atoms with Crippen LogP contribution in [0.3, 0.4) is 0 Å². The quantitative estimate of drug-likeness (QED) is 0.266. The fraction of sp³-hybridized carbons (Fsp3) is 0.167. The second-order valence-electron chi connectivity index (χ2n) is 8.19. The van der Waals surface area contributed by atoms with Crippen LogP contribution in [0.5, 0.6) is 5.75 Å². The van der Waals surface area contributed by atoms with Gasteiger partial charge in [-0.15, -0.1) is 13.2 Å². The first kappa shape index (κ1) is 27.9. The molecule has 2 amide bonds. The molecule has 39 heavy (non-hydrogen) atoms. The van der Waals surface area contributed by atoms with Gasteiger partial charge in [0.05, 0.1) is 29.0 Å². The molecule has 0 fully saturated rings. The summed E-state index contributed by atoms with van der Waals surface area (Å²) in [5, 5.41) is 6.08. The van der Waals surface area contributed by atoms with E-state index in [1.807, 2.05) is 0 Å². The van der Waals surface area contributed by atoms with Crippen molar-refractivity contribution in [3.05, 3.63) is 81.2 Å². The van der Waals surface area contributed by atoms with E-state index in [2.05, 4.69) is 36.1 Å². The topological polar surface area (TPSA) is 112 Å². The first-order valence-electron chi connectivity index (χ1n) is 10.8. The van der Waals surface area contributed by atoms with E-state index in [9.17, 15) is 35.9 Å². The van der Waals surface area contributed by atoms with Crippen molar-refractivity contribution in [2.45, 2.75) is 26.0 Å². The number of fused-ring (bicyclic) bond motifs is 1. The summed E-state index contributed by atoms with van der Waals surface area (Å²) in [5.74, 6) is -2.43. The molecule has 0 aliphatic rings. The molecule has 0 bridgehead atoms. The number of anilines is 1. The summed E-state index contributed by atoms with van der Waals surface area (Å²) in [4.78, 5) is 29.1. The Labute approximate surface area is 223 Å². The maximum atomic E-state index is 13.9. The average Bonchev–Trinajstić information content (AvgIpc) is 3.14. The normalized spacial score (nSPS) is 12.0. The maximum absolute atomic E-state index is 13.9. The van der Waals surface area contributed by atoms with Gasteiger partial charge in [0.15, 0.2) is 5.69 Å². The van der Waals surface area contributed by atoms with Crippen LogP contribution >= 0.6 is 15.9 Å². The summed E-state index contributed by atoms with van der Waals surface area (Å²) in [6.07, 6.45) is -9.87. The largest absolute Gasteiger partial charge is 0.573 e. The van der Waals surface area contributed by atoms with E-state index in [1.54, 1.807) is 6.07 Å². The summed E-state index contributed by atoms with van der Waals surface area (Å²) in [7, 11) is 0. The number of amides is 2. The highest BCUT2D eigenvalue weighted by Crippen LogP contribution is 2.37. The number of carbonyl (C=O) groups excluding carboxylic acids is 2. The van der Waals surface area contributed by atoms with Crippen LogP contribution in [0.15, 0.2) is 53.0 Å². The van der Waals surface area contributed by atoms with Gasteiger partial charge in [0.25, 0.3) is 11.8 Å². The minimum atomic E-state index is -4.97. The van der Waals surface area contributed by atoms with Crippen LogP contribution in [-0.4, -0.2) is 32.9 Å². The third-order valence-corrected chi connectivity index (χ3v) is 5.96. The van der Waals surface area contributed by atoms with Crippen molar-refractivity contribution < 1.29 is 40.7 Å². The van der Waals surface area contributed by atoms with Crippen molar-refractivity contribution in [1.82, 2.24) is 14.8 Å². The predicted octanol–water partition coefficient (Wildman–Crippen LogP) is 5.82. The van der Waals surface area contributed by atoms with E-state index < -0.39 is 41.5 Å². The van der Waals surface area contributed by atoms with Gasteiger partial charge in [-0.05, 0) is 48.9 Å². The Hall–Kier alpha value is -4.14. The summed E-state index contributed by atoms with van der Waals surface area (Å²) in [6.45, 7) is 1.03. The summed E-state index contributed by atoms with van der Waals surface area (Å²) < 4.78 is 84.1. The highest BCUT2D eigenvalue weighted by molar-refractivity contribution is 9.10. The van der Waals surface area contributed by atoms with Gasteiger partial charge in [-0.1, -0.05) is 28.1 Å². The standard InChI is InChI=1S/C24H16BrF6N5O3/c1-11-19(34-22(38)16-9-18(21(32)37)33-17-7-4-13(25)8-15(16)17)20(23(26,27)28)35-36(11)10-12-2-5-14(6-3-12)39-24(29,30)31/h2-9H,10H2,1H3,(H2,32,37)(H,34,38). The van der Waals surface area contributed by atoms with Crippen molar-refractivity contribution >= 4 is 44.3 Å². The molecule has 2 aromatic carbocycles. The molecule has 2 aromatic heterocycles. The minimum absolute atomic E-state index is 0.0824. The van der Waals surface area contributed by atoms with Gasteiger partial charge >= 0.3 is 12.5 Å². The molecule has 8 nitrogen and oxygen atoms in total. The molecule has 4 aromatic rings. The number of carbonyl (C=O) groups is 2. The Balaban J connectivity index is 1.71. The van der Waals surface area contributed by atoms with Gasteiger partial charge in [-0.3, -0.25) is 14.3 Å². The number of benzene rings is 2. The number of aromatic nitrogens is 3. The number of nitrogens with two attached hydrogens (primary N) is 1. The van der Waals surface area contributed by atoms with Crippen LogP contribution in [0.4, 0.5) is 32.0 Å². The lowest BCUT2D eigenvalue weighted by Crippen LogP contribution is -2.19. The summed E-state index contributed by atoms with van der Waals surface area (Å²) in [6, 6.07) is 10.2. The number of primary amides is 1. The number of alkyl halides is 6. The summed E-state index contributed by atoms with van der Waals surface area (Å²) in [5.41, 5.74) is 3.31. The molecule has 204 valence electrons. The number of nitrogens with zero attached hydrogens (tertiary/aromatic N) is 3. The van der Waals surface area contributed by atoms with E-state index in [1.165, 1.54) is 31.2 Å². The second-order valence-corrected chi connectivity index (χ2v) is 9.11. The molecular weight excluding hydrogens is 600 g/mol. The van der Waals surface area contributed by atoms with Crippen LogP contribution in [0.1, 0.15) is 37.8 Å². The number of nitrogens with one attached hydrogen (secondary N) is 1. The van der Waals surface area contributed by atoms with Crippen LogP contribution in [0.2, 0.25) is 0 Å². The zero-order valence-electron chi connectivity index (χ0n) is 19.6. The van der Waals surface area contributed by atoms with Crippen LogP contribution in [0.25, 0.3) is 10.9 Å². The molecule has 3 N–H and O–H groups in total. The van der Waals surface area contributed by atoms with Gasteiger partial charge in [0, 0.05) is 9.86 Å². The van der Waals surface area contributed by atoms with Crippen molar-refractivity contribution in [2.75, 3.05) is 5.32 Å². The SMILES string of the molecule is Cc1c(NC(=O)c2cc(C(N)=O)nc3ccc(Br)cc23)c(C(F)(F)F)nn1Cc1ccc(OC(F)(F)F)cc1. The molecule has 0 spiro atoms. The smallest absolute Gasteiger partial charge is 0.406 e. The molecule has 0 radical (unpaired) electrons. The first-order chi connectivity index (χ1) is 18.1. The van der Waals surface area contributed by atoms with Crippen LogP contribution in [0, 0.1) is 6.92 Å². The highest BCUT2D eigenvalue weighted by atomic mass is 79.9. The van der Waals surface area contributed by atoms with Gasteiger partial charge in [0.1, 0.15) is 11.4 Å². The van der Waals surface area contributed by atoms with Crippen molar-refractivity contribution in [3.63, 3.8) is 0 Å². The zero-order valence-corrected chi connectivity index (χ0v) is 21.2. The lowest BCUT2D eigenvalue weighted by molar-refractivity contribution is -0.274. The third kappa shape index (κ3) is 6.30. The molecule has 0 atom stereocenters. The molecule has 15 heteroatoms. The number of pyridine rings is 1. The number of hydrogen-bond acceptors (Lipinski definition) is 5. The van der Waals surface area contributed by atoms with Crippen molar-refractivity contribution in [2.24, 2.45) is 5.73 Å².